The molecule has 0 spiro atoms. The summed E-state index contributed by atoms with van der Waals surface area (Å²) in [5.74, 6) is -5.35. The molecule has 0 bridgehead atoms. The molecule has 11 N–H and O–H groups in total. The molecule has 2 atom stereocenters. The summed E-state index contributed by atoms with van der Waals surface area (Å²) in [6.07, 6.45) is 1.17. The van der Waals surface area contributed by atoms with E-state index in [1.165, 1.54) is 6.07 Å². The molecule has 0 saturated carbocycles. The zero-order valence-corrected chi connectivity index (χ0v) is 39.0. The standard InChI is InChI=1S/C44H56FN11O15/c1-3-44(66)18-67-13-26-27(44)6-31-42-25(12-56(31)43(26)65)41-29(5-4-24-23(2)28(45)7-30(55-42)40(24)41)54-39(64)17-71-22-53-35(60)11-49-38(63)16-70-21-52-34(59)10-48-37(62)15-69-20-51-33(58)9-47-36(61)14-68-19-50-32(57)8-46/h6-7,29,66H,3-5,8-22,46H2,1-2H3,(H,47,61)(H,48,62)(H,49,63)(H,50,57)(H,51,58)(H,52,59)(H,53,60)(H,54,64)/t29?,44-/m1/s1. The van der Waals surface area contributed by atoms with Crippen molar-refractivity contribution in [3.8, 4) is 11.4 Å². The van der Waals surface area contributed by atoms with Crippen molar-refractivity contribution in [2.75, 3.05) is 86.1 Å². The fourth-order valence-corrected chi connectivity index (χ4v) is 8.02. The van der Waals surface area contributed by atoms with Crippen LogP contribution in [0.15, 0.2) is 16.9 Å². The second-order valence-corrected chi connectivity index (χ2v) is 16.5. The van der Waals surface area contributed by atoms with Crippen LogP contribution in [0.1, 0.15) is 59.2 Å². The summed E-state index contributed by atoms with van der Waals surface area (Å²) in [5.41, 5.74) is 8.24. The van der Waals surface area contributed by atoms with Crippen molar-refractivity contribution in [2.45, 2.75) is 57.9 Å². The molecule has 27 heteroatoms. The number of nitrogens with zero attached hydrogens (tertiary/aromatic N) is 2. The number of nitrogens with one attached hydrogen (secondary N) is 8. The Kier molecular flexibility index (Phi) is 18.6. The quantitative estimate of drug-likeness (QED) is 0.0222. The molecule has 71 heavy (non-hydrogen) atoms. The molecule has 0 fully saturated rings. The Morgan fingerprint density at radius 1 is 0.761 bits per heavy atom. The van der Waals surface area contributed by atoms with Gasteiger partial charge in [0.05, 0.1) is 68.9 Å². The van der Waals surface area contributed by atoms with Gasteiger partial charge in [0.25, 0.3) is 5.56 Å². The molecule has 1 unspecified atom stereocenters. The number of carbonyl (C=O) groups is 8. The third kappa shape index (κ3) is 13.7. The number of ether oxygens (including phenoxy) is 5. The number of aromatic nitrogens is 2. The summed E-state index contributed by atoms with van der Waals surface area (Å²) < 4.78 is 42.8. The molecule has 2 aliphatic heterocycles. The molecule has 3 aliphatic rings. The van der Waals surface area contributed by atoms with Crippen LogP contribution in [0.25, 0.3) is 22.3 Å². The van der Waals surface area contributed by atoms with Crippen LogP contribution < -0.4 is 53.8 Å². The summed E-state index contributed by atoms with van der Waals surface area (Å²) in [4.78, 5) is 115. The van der Waals surface area contributed by atoms with Crippen molar-refractivity contribution < 1.29 is 71.5 Å². The number of aliphatic hydroxyl groups is 1. The van der Waals surface area contributed by atoms with Gasteiger partial charge in [0, 0.05) is 22.6 Å². The van der Waals surface area contributed by atoms with Gasteiger partial charge in [-0.15, -0.1) is 0 Å². The highest BCUT2D eigenvalue weighted by atomic mass is 19.1. The Bertz CT molecular complexity index is 2630. The van der Waals surface area contributed by atoms with Gasteiger partial charge in [-0.2, -0.15) is 0 Å². The van der Waals surface area contributed by atoms with Crippen molar-refractivity contribution in [3.05, 3.63) is 61.7 Å². The molecule has 0 saturated heterocycles. The molecular formula is C44H56FN11O15. The maximum atomic E-state index is 15.3. The van der Waals surface area contributed by atoms with E-state index < -0.39 is 118 Å². The zero-order valence-electron chi connectivity index (χ0n) is 39.0. The van der Waals surface area contributed by atoms with E-state index in [-0.39, 0.29) is 52.1 Å². The van der Waals surface area contributed by atoms with E-state index in [9.17, 15) is 48.3 Å². The molecule has 0 radical (unpaired) electrons. The van der Waals surface area contributed by atoms with Gasteiger partial charge in [-0.3, -0.25) is 43.2 Å². The number of hydrogen-bond donors (Lipinski definition) is 10. The van der Waals surface area contributed by atoms with E-state index in [1.807, 2.05) is 0 Å². The van der Waals surface area contributed by atoms with E-state index in [4.69, 9.17) is 34.4 Å². The van der Waals surface area contributed by atoms with Gasteiger partial charge in [0.1, 0.15) is 64.8 Å². The number of aryl methyl sites for hydroxylation is 1. The van der Waals surface area contributed by atoms with E-state index in [0.717, 1.165) is 11.1 Å². The van der Waals surface area contributed by atoms with Crippen molar-refractivity contribution in [3.63, 3.8) is 0 Å². The van der Waals surface area contributed by atoms with E-state index in [0.29, 0.717) is 63.8 Å². The van der Waals surface area contributed by atoms with Crippen LogP contribution in [-0.4, -0.2) is 148 Å². The first kappa shape index (κ1) is 53.3. The lowest BCUT2D eigenvalue weighted by atomic mass is 9.81. The lowest BCUT2D eigenvalue weighted by molar-refractivity contribution is -0.132. The number of hydrogen-bond acceptors (Lipinski definition) is 17. The molecule has 3 aromatic rings. The second-order valence-electron chi connectivity index (χ2n) is 16.5. The molecule has 1 aliphatic carbocycles. The summed E-state index contributed by atoms with van der Waals surface area (Å²) in [6, 6.07) is 2.56. The summed E-state index contributed by atoms with van der Waals surface area (Å²) in [7, 11) is 0. The van der Waals surface area contributed by atoms with E-state index in [1.54, 1.807) is 24.5 Å². The number of rotatable bonds is 25. The van der Waals surface area contributed by atoms with Crippen LogP contribution in [0, 0.1) is 12.7 Å². The monoisotopic (exact) mass is 997 g/mol. The maximum absolute atomic E-state index is 15.3. The van der Waals surface area contributed by atoms with Crippen molar-refractivity contribution in [1.29, 1.82) is 0 Å². The highest BCUT2D eigenvalue weighted by molar-refractivity contribution is 5.94. The predicted octanol–water partition coefficient (Wildman–Crippen LogP) is -4.23. The fraction of sp³-hybridized carbons (Fsp3) is 0.500. The highest BCUT2D eigenvalue weighted by Gasteiger charge is 2.40. The van der Waals surface area contributed by atoms with Crippen LogP contribution in [0.5, 0.6) is 0 Å². The first-order valence-electron chi connectivity index (χ1n) is 22.4. The molecule has 384 valence electrons. The topological polar surface area (TPSA) is 360 Å². The normalized spacial score (nSPS) is 16.2. The molecule has 26 nitrogen and oxygen atoms in total. The van der Waals surface area contributed by atoms with Crippen molar-refractivity contribution >= 4 is 58.2 Å². The van der Waals surface area contributed by atoms with Gasteiger partial charge in [-0.25, -0.2) is 9.37 Å². The first-order valence-corrected chi connectivity index (χ1v) is 22.4. The van der Waals surface area contributed by atoms with Gasteiger partial charge in [-0.05, 0) is 54.5 Å². The van der Waals surface area contributed by atoms with Gasteiger partial charge in [0.2, 0.25) is 47.3 Å². The minimum atomic E-state index is -1.37. The molecule has 2 aromatic heterocycles. The number of amides is 8. The van der Waals surface area contributed by atoms with Crippen LogP contribution in [0.2, 0.25) is 0 Å². The third-order valence-electron chi connectivity index (χ3n) is 11.7. The fourth-order valence-electron chi connectivity index (χ4n) is 8.02. The summed E-state index contributed by atoms with van der Waals surface area (Å²) in [6.45, 7) is -1.16. The Morgan fingerprint density at radius 2 is 1.28 bits per heavy atom. The van der Waals surface area contributed by atoms with E-state index in [2.05, 4.69) is 42.5 Å². The second kappa shape index (κ2) is 24.7. The van der Waals surface area contributed by atoms with Gasteiger partial charge in [-0.1, -0.05) is 6.92 Å². The Morgan fingerprint density at radius 3 is 1.80 bits per heavy atom. The van der Waals surface area contributed by atoms with Crippen LogP contribution >= 0.6 is 0 Å². The number of pyridine rings is 2. The number of benzene rings is 1. The third-order valence-corrected chi connectivity index (χ3v) is 11.7. The molecule has 1 aromatic carbocycles. The number of halogens is 1. The minimum absolute atomic E-state index is 0.0313. The molecule has 4 heterocycles. The lowest BCUT2D eigenvalue weighted by Gasteiger charge is -2.33. The average Bonchev–Trinajstić information content (AvgIpc) is 3.73. The van der Waals surface area contributed by atoms with Crippen molar-refractivity contribution in [1.82, 2.24) is 52.1 Å². The largest absolute Gasteiger partial charge is 0.383 e. The Balaban J connectivity index is 0.849. The lowest BCUT2D eigenvalue weighted by Crippen LogP contribution is -2.42. The molecule has 8 amide bonds. The first-order chi connectivity index (χ1) is 34.0. The maximum Gasteiger partial charge on any atom is 0.257 e. The number of fused-ring (bicyclic) bond motifs is 5. The highest BCUT2D eigenvalue weighted by Crippen LogP contribution is 2.45. The summed E-state index contributed by atoms with van der Waals surface area (Å²) >= 11 is 0. The molecular weight excluding hydrogens is 942 g/mol. The van der Waals surface area contributed by atoms with E-state index >= 15 is 4.39 Å². The minimum Gasteiger partial charge on any atom is -0.383 e. The smallest absolute Gasteiger partial charge is 0.257 e. The zero-order chi connectivity index (χ0) is 51.2. The Labute approximate surface area is 403 Å². The van der Waals surface area contributed by atoms with Crippen molar-refractivity contribution in [2.24, 2.45) is 5.73 Å². The SMILES string of the molecule is CC[C@@]1(O)COCc2c1cc1n(c2=O)Cc2c-1nc1cc(F)c(C)c3c1c2C(NC(=O)COCNC(=O)CNC(=O)COCNC(=O)CNC(=O)COCNC(=O)CNC(=O)COCNC(=O)CN)CC3. The van der Waals surface area contributed by atoms with Gasteiger partial charge in [0.15, 0.2) is 0 Å². The predicted molar refractivity (Wildman–Crippen MR) is 242 cm³/mol. The van der Waals surface area contributed by atoms with Crippen LogP contribution in [0.4, 0.5) is 4.39 Å². The number of carbonyl (C=O) groups excluding carboxylic acids is 8. The summed E-state index contributed by atoms with van der Waals surface area (Å²) in [5, 5.41) is 31.3. The van der Waals surface area contributed by atoms with Gasteiger partial charge >= 0.3 is 0 Å². The Hall–Kier alpha value is -7.01. The van der Waals surface area contributed by atoms with Crippen LogP contribution in [-0.2, 0) is 87.2 Å². The van der Waals surface area contributed by atoms with Crippen LogP contribution in [0.3, 0.4) is 0 Å². The average molecular weight is 998 g/mol. The van der Waals surface area contributed by atoms with Gasteiger partial charge < -0.3 is 81.6 Å². The molecule has 6 rings (SSSR count). The number of nitrogens with two attached hydrogens (primary N) is 1.